The Morgan fingerprint density at radius 3 is 1.84 bits per heavy atom. The Balaban J connectivity index is 0. The summed E-state index contributed by atoms with van der Waals surface area (Å²) >= 11 is 0. The van der Waals surface area contributed by atoms with E-state index in [0.717, 1.165) is 0 Å². The van der Waals surface area contributed by atoms with Gasteiger partial charge in [0.1, 0.15) is 0 Å². The van der Waals surface area contributed by atoms with E-state index in [4.69, 9.17) is 9.84 Å². The molecule has 0 amide bonds. The summed E-state index contributed by atoms with van der Waals surface area (Å²) in [4.78, 5) is 22.5. The minimum atomic E-state index is -1.14. The zero-order valence-electron chi connectivity index (χ0n) is 12.1. The van der Waals surface area contributed by atoms with E-state index in [9.17, 15) is 14.7 Å². The van der Waals surface area contributed by atoms with Gasteiger partial charge in [-0.25, -0.2) is 9.59 Å². The van der Waals surface area contributed by atoms with Crippen LogP contribution in [0.4, 0.5) is 0 Å². The van der Waals surface area contributed by atoms with E-state index >= 15 is 0 Å². The molecule has 0 spiro atoms. The quantitative estimate of drug-likeness (QED) is 0.590. The molecule has 98 valence electrons. The molecule has 0 aromatic rings. The number of aliphatic carboxylic acids is 2. The van der Waals surface area contributed by atoms with Crippen LogP contribution in [0.1, 0.15) is 26.7 Å². The second-order valence-electron chi connectivity index (χ2n) is 4.48. The van der Waals surface area contributed by atoms with E-state index in [-0.39, 0.29) is 82.1 Å². The molecule has 2 N–H and O–H groups in total. The maximum Gasteiger partial charge on any atom is 0.332 e. The summed E-state index contributed by atoms with van der Waals surface area (Å²) in [6.07, 6.45) is 1.15. The fraction of sp³-hybridized carbons (Fsp3) is 0.667. The van der Waals surface area contributed by atoms with Crippen molar-refractivity contribution >= 4 is 71.1 Å². The van der Waals surface area contributed by atoms with Gasteiger partial charge in [0.15, 0.2) is 0 Å². The minimum absolute atomic E-state index is 0. The first-order chi connectivity index (χ1) is 7.95. The fourth-order valence-corrected chi connectivity index (χ4v) is 2.17. The van der Waals surface area contributed by atoms with E-state index in [1.165, 1.54) is 0 Å². The Morgan fingerprint density at radius 1 is 1.05 bits per heavy atom. The summed E-state index contributed by atoms with van der Waals surface area (Å²) in [5.74, 6) is -2.77. The van der Waals surface area contributed by atoms with Crippen molar-refractivity contribution in [3.8, 4) is 0 Å². The van der Waals surface area contributed by atoms with Gasteiger partial charge < -0.3 is 14.9 Å². The zero-order chi connectivity index (χ0) is 13.0. The number of carboxylic acid groups (broad SMARTS) is 2. The van der Waals surface area contributed by atoms with Gasteiger partial charge in [-0.15, -0.1) is 0 Å². The van der Waals surface area contributed by atoms with E-state index in [1.807, 2.05) is 0 Å². The molecule has 2 radical (unpaired) electrons. The molecule has 5 nitrogen and oxygen atoms in total. The number of hydrogen-bond acceptors (Lipinski definition) is 3. The van der Waals surface area contributed by atoms with Crippen LogP contribution in [-0.4, -0.2) is 94.5 Å². The molecule has 1 aliphatic rings. The van der Waals surface area contributed by atoms with Crippen molar-refractivity contribution in [3.05, 3.63) is 11.1 Å². The topological polar surface area (TPSA) is 83.8 Å². The molecule has 1 rings (SSSR count). The van der Waals surface area contributed by atoms with Crippen molar-refractivity contribution in [3.63, 3.8) is 0 Å². The van der Waals surface area contributed by atoms with E-state index < -0.39 is 11.9 Å². The van der Waals surface area contributed by atoms with E-state index in [1.54, 1.807) is 13.8 Å². The minimum Gasteiger partial charge on any atom is -0.478 e. The molecule has 1 aliphatic heterocycles. The van der Waals surface area contributed by atoms with E-state index in [0.29, 0.717) is 26.1 Å². The Kier molecular flexibility index (Phi) is 12.0. The molecule has 0 atom stereocenters. The standard InChI is InChI=1S/C12H18O5.2Na/c1-7(2)9(11(13)14)10(12(15)16)8-3-5-17-6-4-8;;/h7-8H,3-6H2,1-2H3,(H,13,14)(H,15,16);;/b10-9-;;. The second kappa shape index (κ2) is 10.4. The predicted octanol–water partition coefficient (Wildman–Crippen LogP) is 0.773. The van der Waals surface area contributed by atoms with Crippen molar-refractivity contribution < 1.29 is 24.5 Å². The molecule has 0 aromatic heterocycles. The number of carbonyl (C=O) groups is 2. The molecule has 7 heteroatoms. The average Bonchev–Trinajstić information content (AvgIpc) is 2.25. The van der Waals surface area contributed by atoms with Gasteiger partial charge >= 0.3 is 11.9 Å². The van der Waals surface area contributed by atoms with E-state index in [2.05, 4.69) is 0 Å². The predicted molar refractivity (Wildman–Crippen MR) is 72.2 cm³/mol. The third-order valence-corrected chi connectivity index (χ3v) is 2.96. The van der Waals surface area contributed by atoms with Crippen molar-refractivity contribution in [1.29, 1.82) is 0 Å². The summed E-state index contributed by atoms with van der Waals surface area (Å²) in [5, 5.41) is 18.4. The largest absolute Gasteiger partial charge is 0.478 e. The first kappa shape index (κ1) is 21.9. The monoisotopic (exact) mass is 288 g/mol. The zero-order valence-corrected chi connectivity index (χ0v) is 16.1. The summed E-state index contributed by atoms with van der Waals surface area (Å²) < 4.78 is 5.17. The normalized spacial score (nSPS) is 17.0. The number of hydrogen-bond donors (Lipinski definition) is 2. The van der Waals surface area contributed by atoms with Crippen LogP contribution in [0.15, 0.2) is 11.1 Å². The Labute approximate surface area is 157 Å². The van der Waals surface area contributed by atoms with Gasteiger partial charge in [0.2, 0.25) is 0 Å². The van der Waals surface area contributed by atoms with Gasteiger partial charge in [-0.05, 0) is 24.7 Å². The maximum atomic E-state index is 11.3. The molecule has 0 bridgehead atoms. The Bertz CT molecular complexity index is 346. The van der Waals surface area contributed by atoms with Crippen LogP contribution in [0.2, 0.25) is 0 Å². The molecule has 0 aromatic carbocycles. The summed E-state index contributed by atoms with van der Waals surface area (Å²) in [5.41, 5.74) is 0.0696. The van der Waals surface area contributed by atoms with Crippen molar-refractivity contribution in [2.45, 2.75) is 26.7 Å². The van der Waals surface area contributed by atoms with Crippen molar-refractivity contribution in [1.82, 2.24) is 0 Å². The molecule has 0 saturated carbocycles. The van der Waals surface area contributed by atoms with Gasteiger partial charge in [0.05, 0.1) is 11.1 Å². The second-order valence-corrected chi connectivity index (χ2v) is 4.48. The molecule has 0 unspecified atom stereocenters. The SMILES string of the molecule is CC(C)/C(C(=O)O)=C(/C(=O)O)C1CCOCC1.[Na].[Na]. The van der Waals surface area contributed by atoms with Crippen molar-refractivity contribution in [2.24, 2.45) is 11.8 Å². The van der Waals surface area contributed by atoms with Crippen LogP contribution in [-0.2, 0) is 14.3 Å². The summed E-state index contributed by atoms with van der Waals surface area (Å²) in [6, 6.07) is 0. The molecular weight excluding hydrogens is 270 g/mol. The Morgan fingerprint density at radius 2 is 1.53 bits per heavy atom. The first-order valence-electron chi connectivity index (χ1n) is 5.73. The number of rotatable bonds is 4. The van der Waals surface area contributed by atoms with Gasteiger partial charge in [-0.2, -0.15) is 0 Å². The Hall–Kier alpha value is 0.640. The van der Waals surface area contributed by atoms with Crippen LogP contribution in [0.5, 0.6) is 0 Å². The van der Waals surface area contributed by atoms with Crippen LogP contribution < -0.4 is 0 Å². The average molecular weight is 288 g/mol. The molecule has 1 heterocycles. The summed E-state index contributed by atoms with van der Waals surface area (Å²) in [6.45, 7) is 4.39. The van der Waals surface area contributed by atoms with Crippen LogP contribution in [0, 0.1) is 11.8 Å². The smallest absolute Gasteiger partial charge is 0.332 e. The molecular formula is C12H18Na2O5. The van der Waals surface area contributed by atoms with Crippen LogP contribution in [0.3, 0.4) is 0 Å². The van der Waals surface area contributed by atoms with Gasteiger partial charge in [0.25, 0.3) is 0 Å². The van der Waals surface area contributed by atoms with Crippen molar-refractivity contribution in [2.75, 3.05) is 13.2 Å². The van der Waals surface area contributed by atoms with Crippen LogP contribution >= 0.6 is 0 Å². The first-order valence-corrected chi connectivity index (χ1v) is 5.73. The fourth-order valence-electron chi connectivity index (χ4n) is 2.17. The molecule has 0 aliphatic carbocycles. The van der Waals surface area contributed by atoms with Gasteiger partial charge in [-0.3, -0.25) is 0 Å². The third-order valence-electron chi connectivity index (χ3n) is 2.96. The van der Waals surface area contributed by atoms with Gasteiger partial charge in [0, 0.05) is 72.3 Å². The molecule has 19 heavy (non-hydrogen) atoms. The molecule has 1 fully saturated rings. The summed E-state index contributed by atoms with van der Waals surface area (Å²) in [7, 11) is 0. The third kappa shape index (κ3) is 6.29. The van der Waals surface area contributed by atoms with Crippen LogP contribution in [0.25, 0.3) is 0 Å². The number of carboxylic acids is 2. The molecule has 1 saturated heterocycles. The van der Waals surface area contributed by atoms with Gasteiger partial charge in [-0.1, -0.05) is 13.8 Å². The maximum absolute atomic E-state index is 11.3. The number of ether oxygens (including phenoxy) is 1.